The van der Waals surface area contributed by atoms with Crippen molar-refractivity contribution >= 4 is 0 Å². The molecule has 1 aliphatic heterocycles. The van der Waals surface area contributed by atoms with Gasteiger partial charge >= 0.3 is 0 Å². The Bertz CT molecular complexity index is 164. The van der Waals surface area contributed by atoms with Gasteiger partial charge in [-0.25, -0.2) is 0 Å². The fourth-order valence-corrected chi connectivity index (χ4v) is 2.08. The van der Waals surface area contributed by atoms with Crippen LogP contribution < -0.4 is 0 Å². The summed E-state index contributed by atoms with van der Waals surface area (Å²) in [5, 5.41) is 0. The third-order valence-electron chi connectivity index (χ3n) is 3.15. The Morgan fingerprint density at radius 1 is 1.25 bits per heavy atom. The van der Waals surface area contributed by atoms with Crippen LogP contribution in [0.3, 0.4) is 0 Å². The lowest BCUT2D eigenvalue weighted by molar-refractivity contribution is -0.877. The molecule has 1 saturated heterocycles. The van der Waals surface area contributed by atoms with Crippen molar-refractivity contribution in [2.24, 2.45) is 0 Å². The van der Waals surface area contributed by atoms with E-state index in [4.69, 9.17) is 0 Å². The zero-order valence-electron chi connectivity index (χ0n) is 8.77. The zero-order chi connectivity index (χ0) is 9.03. The third kappa shape index (κ3) is 2.10. The highest BCUT2D eigenvalue weighted by Crippen LogP contribution is 2.22. The van der Waals surface area contributed by atoms with Crippen LogP contribution >= 0.6 is 0 Å². The number of rotatable bonds is 2. The molecule has 0 aromatic carbocycles. The van der Waals surface area contributed by atoms with Gasteiger partial charge in [-0.1, -0.05) is 6.92 Å². The topological polar surface area (TPSA) is 0 Å². The minimum absolute atomic E-state index is 1.18. The van der Waals surface area contributed by atoms with Crippen LogP contribution in [0.2, 0.25) is 0 Å². The minimum Gasteiger partial charge on any atom is -0.298 e. The highest BCUT2D eigenvalue weighted by Gasteiger charge is 2.26. The second-order valence-electron chi connectivity index (χ2n) is 4.16. The molecule has 1 heteroatoms. The summed E-state index contributed by atoms with van der Waals surface area (Å²) < 4.78 is 1.20. The van der Waals surface area contributed by atoms with Crippen LogP contribution in [0, 0.1) is 0 Å². The highest BCUT2D eigenvalue weighted by molar-refractivity contribution is 4.88. The highest BCUT2D eigenvalue weighted by atomic mass is 15.3. The van der Waals surface area contributed by atoms with E-state index < -0.39 is 0 Å². The fourth-order valence-electron chi connectivity index (χ4n) is 2.08. The maximum Gasteiger partial charge on any atom is 0.101 e. The minimum atomic E-state index is 1.18. The molecular formula is C11H22N+. The number of piperidine rings is 1. The number of nitrogens with zero attached hydrogens (tertiary/aromatic N) is 1. The summed E-state index contributed by atoms with van der Waals surface area (Å²) in [7, 11) is 2.38. The molecule has 1 fully saturated rings. The standard InChI is InChI=1S/C11H22N/c1-4-8-11(2)12(3)9-6-5-7-10-12/h8H,4-7,9-10H2,1-3H3/q+1/b11-8+. The van der Waals surface area contributed by atoms with Gasteiger partial charge in [-0.3, -0.25) is 4.48 Å². The van der Waals surface area contributed by atoms with Crippen LogP contribution in [0.1, 0.15) is 39.5 Å². The van der Waals surface area contributed by atoms with Crippen LogP contribution in [-0.2, 0) is 0 Å². The third-order valence-corrected chi connectivity index (χ3v) is 3.15. The number of allylic oxidation sites excluding steroid dienone is 2. The Hall–Kier alpha value is -0.300. The molecule has 1 rings (SSSR count). The van der Waals surface area contributed by atoms with E-state index in [1.807, 2.05) is 0 Å². The van der Waals surface area contributed by atoms with E-state index in [0.29, 0.717) is 0 Å². The Kier molecular flexibility index (Phi) is 3.33. The molecule has 0 radical (unpaired) electrons. The lowest BCUT2D eigenvalue weighted by Gasteiger charge is -2.38. The summed E-state index contributed by atoms with van der Waals surface area (Å²) in [6, 6.07) is 0. The molecule has 1 nitrogen and oxygen atoms in total. The number of hydrogen-bond donors (Lipinski definition) is 0. The Morgan fingerprint density at radius 2 is 1.83 bits per heavy atom. The van der Waals surface area contributed by atoms with Gasteiger partial charge in [-0.2, -0.15) is 0 Å². The van der Waals surface area contributed by atoms with E-state index in [2.05, 4.69) is 27.0 Å². The van der Waals surface area contributed by atoms with Crippen molar-refractivity contribution in [1.29, 1.82) is 0 Å². The van der Waals surface area contributed by atoms with E-state index in [0.717, 1.165) is 0 Å². The van der Waals surface area contributed by atoms with Crippen molar-refractivity contribution in [2.45, 2.75) is 39.5 Å². The largest absolute Gasteiger partial charge is 0.298 e. The van der Waals surface area contributed by atoms with Crippen molar-refractivity contribution in [2.75, 3.05) is 20.1 Å². The van der Waals surface area contributed by atoms with Gasteiger partial charge in [0.1, 0.15) is 5.70 Å². The molecule has 12 heavy (non-hydrogen) atoms. The molecule has 0 spiro atoms. The molecule has 0 N–H and O–H groups in total. The predicted molar refractivity (Wildman–Crippen MR) is 53.8 cm³/mol. The Balaban J connectivity index is 2.62. The van der Waals surface area contributed by atoms with Gasteiger partial charge in [0, 0.05) is 6.92 Å². The summed E-state index contributed by atoms with van der Waals surface area (Å²) in [5.74, 6) is 0. The molecule has 0 amide bonds. The molecular weight excluding hydrogens is 146 g/mol. The van der Waals surface area contributed by atoms with Gasteiger partial charge in [0.25, 0.3) is 0 Å². The molecule has 0 bridgehead atoms. The van der Waals surface area contributed by atoms with Crippen LogP contribution in [0.4, 0.5) is 0 Å². The monoisotopic (exact) mass is 168 g/mol. The average Bonchev–Trinajstić information content (AvgIpc) is 2.06. The van der Waals surface area contributed by atoms with E-state index in [1.165, 1.54) is 43.3 Å². The smallest absolute Gasteiger partial charge is 0.101 e. The van der Waals surface area contributed by atoms with Crippen molar-refractivity contribution in [3.63, 3.8) is 0 Å². The molecule has 0 aromatic heterocycles. The second kappa shape index (κ2) is 4.08. The Morgan fingerprint density at radius 3 is 2.33 bits per heavy atom. The van der Waals surface area contributed by atoms with E-state index >= 15 is 0 Å². The van der Waals surface area contributed by atoms with E-state index in [9.17, 15) is 0 Å². The van der Waals surface area contributed by atoms with Crippen LogP contribution in [-0.4, -0.2) is 24.6 Å². The first-order chi connectivity index (χ1) is 5.69. The van der Waals surface area contributed by atoms with Gasteiger partial charge in [-0.05, 0) is 31.8 Å². The van der Waals surface area contributed by atoms with Crippen molar-refractivity contribution < 1.29 is 4.48 Å². The summed E-state index contributed by atoms with van der Waals surface area (Å²) >= 11 is 0. The summed E-state index contributed by atoms with van der Waals surface area (Å²) in [4.78, 5) is 0. The van der Waals surface area contributed by atoms with Gasteiger partial charge in [0.15, 0.2) is 0 Å². The maximum atomic E-state index is 2.38. The van der Waals surface area contributed by atoms with Gasteiger partial charge in [-0.15, -0.1) is 0 Å². The fraction of sp³-hybridized carbons (Fsp3) is 0.818. The lowest BCUT2D eigenvalue weighted by atomic mass is 10.1. The zero-order valence-corrected chi connectivity index (χ0v) is 8.77. The number of likely N-dealkylation sites (tertiary alicyclic amines) is 1. The summed E-state index contributed by atoms with van der Waals surface area (Å²) in [6.07, 6.45) is 7.81. The molecule has 70 valence electrons. The normalized spacial score (nSPS) is 24.1. The summed E-state index contributed by atoms with van der Waals surface area (Å²) in [6.45, 7) is 7.21. The molecule has 0 unspecified atom stereocenters. The van der Waals surface area contributed by atoms with Crippen molar-refractivity contribution in [3.8, 4) is 0 Å². The van der Waals surface area contributed by atoms with E-state index in [1.54, 1.807) is 5.70 Å². The van der Waals surface area contributed by atoms with E-state index in [-0.39, 0.29) is 0 Å². The van der Waals surface area contributed by atoms with Crippen molar-refractivity contribution in [3.05, 3.63) is 11.8 Å². The molecule has 0 aliphatic carbocycles. The maximum absolute atomic E-state index is 2.38. The van der Waals surface area contributed by atoms with Gasteiger partial charge in [0.2, 0.25) is 0 Å². The van der Waals surface area contributed by atoms with Crippen LogP contribution in [0.5, 0.6) is 0 Å². The molecule has 0 saturated carbocycles. The molecule has 1 heterocycles. The van der Waals surface area contributed by atoms with Gasteiger partial charge < -0.3 is 0 Å². The van der Waals surface area contributed by atoms with Crippen LogP contribution in [0.15, 0.2) is 11.8 Å². The number of hydrogen-bond acceptors (Lipinski definition) is 0. The molecule has 1 aliphatic rings. The number of quaternary nitrogens is 1. The van der Waals surface area contributed by atoms with Gasteiger partial charge in [0.05, 0.1) is 20.1 Å². The first kappa shape index (κ1) is 9.79. The van der Waals surface area contributed by atoms with Crippen molar-refractivity contribution in [1.82, 2.24) is 0 Å². The average molecular weight is 168 g/mol. The van der Waals surface area contributed by atoms with Crippen LogP contribution in [0.25, 0.3) is 0 Å². The SMILES string of the molecule is CC/C=C(\C)[N+]1(C)CCCCC1. The molecule has 0 aromatic rings. The first-order valence-electron chi connectivity index (χ1n) is 5.21. The Labute approximate surface area is 76.7 Å². The predicted octanol–water partition coefficient (Wildman–Crippen LogP) is 2.93. The first-order valence-corrected chi connectivity index (χ1v) is 5.21. The molecule has 0 atom stereocenters. The second-order valence-corrected chi connectivity index (χ2v) is 4.16. The summed E-state index contributed by atoms with van der Waals surface area (Å²) in [5.41, 5.74) is 1.57. The lowest BCUT2D eigenvalue weighted by Crippen LogP contribution is -2.46. The quantitative estimate of drug-likeness (QED) is 0.556.